The van der Waals surface area contributed by atoms with Gasteiger partial charge in [-0.3, -0.25) is 4.90 Å². The standard InChI is InChI=1S/C15H34N2/c1-8-14(9-2)17(10-12(3)4)11-15(16-7)13(5)6/h12-16H,8-11H2,1-7H3. The Hall–Kier alpha value is -0.0800. The Balaban J connectivity index is 4.55. The van der Waals surface area contributed by atoms with Crippen LogP contribution in [0, 0.1) is 11.8 Å². The lowest BCUT2D eigenvalue weighted by Gasteiger charge is -2.36. The maximum absolute atomic E-state index is 3.47. The summed E-state index contributed by atoms with van der Waals surface area (Å²) in [5.41, 5.74) is 0. The minimum absolute atomic E-state index is 0.606. The Bertz CT molecular complexity index is 174. The van der Waals surface area contributed by atoms with Gasteiger partial charge >= 0.3 is 0 Å². The van der Waals surface area contributed by atoms with E-state index in [1.807, 2.05) is 0 Å². The smallest absolute Gasteiger partial charge is 0.0215 e. The topological polar surface area (TPSA) is 15.3 Å². The quantitative estimate of drug-likeness (QED) is 0.667. The van der Waals surface area contributed by atoms with Crippen LogP contribution in [0.2, 0.25) is 0 Å². The lowest BCUT2D eigenvalue weighted by atomic mass is 10.0. The first kappa shape index (κ1) is 16.9. The Morgan fingerprint density at radius 3 is 1.76 bits per heavy atom. The molecule has 0 aliphatic rings. The Kier molecular flexibility index (Phi) is 8.89. The van der Waals surface area contributed by atoms with E-state index in [9.17, 15) is 0 Å². The zero-order valence-corrected chi connectivity index (χ0v) is 13.1. The van der Waals surface area contributed by atoms with Gasteiger partial charge in [-0.15, -0.1) is 0 Å². The summed E-state index contributed by atoms with van der Waals surface area (Å²) in [5, 5.41) is 3.47. The highest BCUT2D eigenvalue weighted by Crippen LogP contribution is 2.14. The van der Waals surface area contributed by atoms with Crippen LogP contribution in [0.4, 0.5) is 0 Å². The highest BCUT2D eigenvalue weighted by Gasteiger charge is 2.21. The van der Waals surface area contributed by atoms with E-state index < -0.39 is 0 Å². The van der Waals surface area contributed by atoms with Gasteiger partial charge in [-0.2, -0.15) is 0 Å². The lowest BCUT2D eigenvalue weighted by Crippen LogP contribution is -2.47. The number of likely N-dealkylation sites (N-methyl/N-ethyl adjacent to an activating group) is 1. The van der Waals surface area contributed by atoms with Crippen molar-refractivity contribution < 1.29 is 0 Å². The van der Waals surface area contributed by atoms with Crippen molar-refractivity contribution in [3.05, 3.63) is 0 Å². The summed E-state index contributed by atoms with van der Waals surface area (Å²) in [6.07, 6.45) is 2.52. The van der Waals surface area contributed by atoms with E-state index in [1.54, 1.807) is 0 Å². The van der Waals surface area contributed by atoms with Crippen molar-refractivity contribution in [1.82, 2.24) is 10.2 Å². The number of rotatable bonds is 9. The van der Waals surface area contributed by atoms with Crippen molar-refractivity contribution >= 4 is 0 Å². The van der Waals surface area contributed by atoms with Crippen LogP contribution in [-0.4, -0.2) is 37.1 Å². The van der Waals surface area contributed by atoms with Gasteiger partial charge in [0.2, 0.25) is 0 Å². The fraction of sp³-hybridized carbons (Fsp3) is 1.00. The zero-order valence-electron chi connectivity index (χ0n) is 13.1. The maximum Gasteiger partial charge on any atom is 0.0215 e. The number of hydrogen-bond acceptors (Lipinski definition) is 2. The molecular weight excluding hydrogens is 208 g/mol. The molecule has 0 spiro atoms. The maximum atomic E-state index is 3.47. The van der Waals surface area contributed by atoms with Crippen molar-refractivity contribution in [2.45, 2.75) is 66.5 Å². The van der Waals surface area contributed by atoms with Gasteiger partial charge in [-0.25, -0.2) is 0 Å². The average Bonchev–Trinajstić information content (AvgIpc) is 2.25. The van der Waals surface area contributed by atoms with E-state index in [1.165, 1.54) is 25.9 Å². The van der Waals surface area contributed by atoms with Gasteiger partial charge in [0.1, 0.15) is 0 Å². The second-order valence-corrected chi connectivity index (χ2v) is 5.96. The predicted octanol–water partition coefficient (Wildman–Crippen LogP) is 3.38. The van der Waals surface area contributed by atoms with E-state index in [4.69, 9.17) is 0 Å². The summed E-state index contributed by atoms with van der Waals surface area (Å²) < 4.78 is 0. The van der Waals surface area contributed by atoms with Crippen molar-refractivity contribution in [3.63, 3.8) is 0 Å². The van der Waals surface area contributed by atoms with Crippen LogP contribution in [-0.2, 0) is 0 Å². The first-order valence-electron chi connectivity index (χ1n) is 7.37. The molecule has 0 aliphatic carbocycles. The van der Waals surface area contributed by atoms with Crippen LogP contribution < -0.4 is 5.32 Å². The second kappa shape index (κ2) is 8.93. The first-order chi connectivity index (χ1) is 7.96. The lowest BCUT2D eigenvalue weighted by molar-refractivity contribution is 0.139. The van der Waals surface area contributed by atoms with Crippen LogP contribution in [0.5, 0.6) is 0 Å². The summed E-state index contributed by atoms with van der Waals surface area (Å²) in [6.45, 7) is 16.3. The van der Waals surface area contributed by atoms with Gasteiger partial charge < -0.3 is 5.32 Å². The molecule has 0 bridgehead atoms. The van der Waals surface area contributed by atoms with Crippen LogP contribution in [0.25, 0.3) is 0 Å². The fourth-order valence-corrected chi connectivity index (χ4v) is 2.53. The van der Waals surface area contributed by atoms with Crippen LogP contribution in [0.3, 0.4) is 0 Å². The minimum Gasteiger partial charge on any atom is -0.315 e. The Labute approximate surface area is 109 Å². The van der Waals surface area contributed by atoms with E-state index in [0.29, 0.717) is 12.0 Å². The van der Waals surface area contributed by atoms with Crippen LogP contribution in [0.15, 0.2) is 0 Å². The van der Waals surface area contributed by atoms with Crippen LogP contribution >= 0.6 is 0 Å². The molecule has 0 aromatic rings. The molecule has 1 N–H and O–H groups in total. The molecule has 0 saturated heterocycles. The zero-order chi connectivity index (χ0) is 13.4. The Morgan fingerprint density at radius 2 is 1.47 bits per heavy atom. The summed E-state index contributed by atoms with van der Waals surface area (Å²) >= 11 is 0. The second-order valence-electron chi connectivity index (χ2n) is 5.96. The number of nitrogens with zero attached hydrogens (tertiary/aromatic N) is 1. The normalized spacial score (nSPS) is 14.3. The molecule has 0 radical (unpaired) electrons. The third kappa shape index (κ3) is 6.42. The molecule has 0 aliphatic heterocycles. The molecule has 0 amide bonds. The summed E-state index contributed by atoms with van der Waals surface area (Å²) in [7, 11) is 2.09. The fourth-order valence-electron chi connectivity index (χ4n) is 2.53. The van der Waals surface area contributed by atoms with Gasteiger partial charge in [0.15, 0.2) is 0 Å². The summed E-state index contributed by atoms with van der Waals surface area (Å²) in [4.78, 5) is 2.69. The van der Waals surface area contributed by atoms with Gasteiger partial charge in [0, 0.05) is 25.2 Å². The molecule has 0 fully saturated rings. The average molecular weight is 242 g/mol. The Morgan fingerprint density at radius 1 is 0.941 bits per heavy atom. The summed E-state index contributed by atoms with van der Waals surface area (Å²) in [6, 6.07) is 1.35. The molecule has 1 atom stereocenters. The van der Waals surface area contributed by atoms with E-state index in [2.05, 4.69) is 58.8 Å². The molecule has 104 valence electrons. The van der Waals surface area contributed by atoms with E-state index >= 15 is 0 Å². The molecule has 1 unspecified atom stereocenters. The van der Waals surface area contributed by atoms with E-state index in [-0.39, 0.29) is 0 Å². The highest BCUT2D eigenvalue weighted by molar-refractivity contribution is 4.78. The van der Waals surface area contributed by atoms with Crippen molar-refractivity contribution in [3.8, 4) is 0 Å². The summed E-state index contributed by atoms with van der Waals surface area (Å²) in [5.74, 6) is 1.45. The molecule has 0 heterocycles. The van der Waals surface area contributed by atoms with Gasteiger partial charge in [0.25, 0.3) is 0 Å². The van der Waals surface area contributed by atoms with Gasteiger partial charge in [-0.1, -0.05) is 41.5 Å². The van der Waals surface area contributed by atoms with Crippen LogP contribution in [0.1, 0.15) is 54.4 Å². The van der Waals surface area contributed by atoms with E-state index in [0.717, 1.165) is 12.0 Å². The largest absolute Gasteiger partial charge is 0.315 e. The van der Waals surface area contributed by atoms with Crippen molar-refractivity contribution in [2.75, 3.05) is 20.1 Å². The van der Waals surface area contributed by atoms with Gasteiger partial charge in [0.05, 0.1) is 0 Å². The molecule has 0 aromatic heterocycles. The highest BCUT2D eigenvalue weighted by atomic mass is 15.2. The predicted molar refractivity (Wildman–Crippen MR) is 78.5 cm³/mol. The number of hydrogen-bond donors (Lipinski definition) is 1. The molecule has 0 aromatic carbocycles. The van der Waals surface area contributed by atoms with Gasteiger partial charge in [-0.05, 0) is 31.7 Å². The molecule has 17 heavy (non-hydrogen) atoms. The third-order valence-corrected chi connectivity index (χ3v) is 3.67. The SMILES string of the molecule is CCC(CC)N(CC(C)C)CC(NC)C(C)C. The minimum atomic E-state index is 0.606. The monoisotopic (exact) mass is 242 g/mol. The molecule has 0 saturated carbocycles. The molecule has 2 nitrogen and oxygen atoms in total. The molecule has 2 heteroatoms. The number of nitrogens with one attached hydrogen (secondary N) is 1. The first-order valence-corrected chi connectivity index (χ1v) is 7.37. The third-order valence-electron chi connectivity index (χ3n) is 3.67. The van der Waals surface area contributed by atoms with Crippen molar-refractivity contribution in [2.24, 2.45) is 11.8 Å². The molecular formula is C15H34N2. The van der Waals surface area contributed by atoms with Crippen molar-refractivity contribution in [1.29, 1.82) is 0 Å². The molecule has 0 rings (SSSR count).